The van der Waals surface area contributed by atoms with Crippen LogP contribution >= 0.6 is 0 Å². The molecule has 2 atom stereocenters. The maximum absolute atomic E-state index is 13.0. The van der Waals surface area contributed by atoms with Crippen molar-refractivity contribution in [1.29, 1.82) is 0 Å². The van der Waals surface area contributed by atoms with Crippen molar-refractivity contribution in [3.63, 3.8) is 0 Å². The molecule has 0 bridgehead atoms. The number of carbonyl (C=O) groups is 1. The molecule has 3 rings (SSSR count). The van der Waals surface area contributed by atoms with E-state index in [1.807, 2.05) is 24.3 Å². The Balaban J connectivity index is 1.82. The van der Waals surface area contributed by atoms with Gasteiger partial charge in [0.2, 0.25) is 0 Å². The smallest absolute Gasteiger partial charge is 0.346 e. The third-order valence-corrected chi connectivity index (χ3v) is 3.93. The number of rotatable bonds is 2. The predicted molar refractivity (Wildman–Crippen MR) is 77.6 cm³/mol. The summed E-state index contributed by atoms with van der Waals surface area (Å²) in [6.07, 6.45) is -2.99. The van der Waals surface area contributed by atoms with Crippen molar-refractivity contribution >= 4 is 5.91 Å². The van der Waals surface area contributed by atoms with Crippen LogP contribution in [0.25, 0.3) is 0 Å². The fourth-order valence-electron chi connectivity index (χ4n) is 2.82. The lowest BCUT2D eigenvalue weighted by molar-refractivity contribution is -0.138. The van der Waals surface area contributed by atoms with Gasteiger partial charge in [0.25, 0.3) is 5.91 Å². The second kappa shape index (κ2) is 5.66. The molecule has 1 amide bonds. The topological polar surface area (TPSA) is 68.0 Å². The van der Waals surface area contributed by atoms with E-state index in [4.69, 9.17) is 5.73 Å². The molecule has 7 heteroatoms. The van der Waals surface area contributed by atoms with Gasteiger partial charge in [0.15, 0.2) is 0 Å². The average Bonchev–Trinajstić information content (AvgIpc) is 2.83. The number of pyridine rings is 1. The van der Waals surface area contributed by atoms with Crippen LogP contribution in [-0.2, 0) is 12.6 Å². The zero-order valence-corrected chi connectivity index (χ0v) is 12.0. The molecule has 120 valence electrons. The highest BCUT2D eigenvalue weighted by atomic mass is 19.4. The molecule has 3 N–H and O–H groups in total. The first-order valence-corrected chi connectivity index (χ1v) is 7.04. The van der Waals surface area contributed by atoms with Crippen LogP contribution in [0.5, 0.6) is 0 Å². The monoisotopic (exact) mass is 321 g/mol. The number of hydrogen-bond donors (Lipinski definition) is 2. The number of nitrogens with zero attached hydrogens (tertiary/aromatic N) is 1. The van der Waals surface area contributed by atoms with E-state index < -0.39 is 35.4 Å². The van der Waals surface area contributed by atoms with E-state index in [9.17, 15) is 18.0 Å². The molecule has 1 aliphatic rings. The van der Waals surface area contributed by atoms with E-state index >= 15 is 0 Å². The van der Waals surface area contributed by atoms with E-state index in [1.54, 1.807) is 0 Å². The van der Waals surface area contributed by atoms with E-state index in [2.05, 4.69) is 10.3 Å². The van der Waals surface area contributed by atoms with Crippen molar-refractivity contribution in [1.82, 2.24) is 10.3 Å². The highest BCUT2D eigenvalue weighted by Gasteiger charge is 2.37. The molecule has 1 aromatic heterocycles. The first-order valence-electron chi connectivity index (χ1n) is 7.04. The van der Waals surface area contributed by atoms with E-state index in [-0.39, 0.29) is 0 Å². The lowest BCUT2D eigenvalue weighted by atomic mass is 10.1. The molecule has 0 fully saturated rings. The third kappa shape index (κ3) is 2.92. The van der Waals surface area contributed by atoms with Crippen LogP contribution in [0.2, 0.25) is 0 Å². The Morgan fingerprint density at radius 3 is 2.65 bits per heavy atom. The summed E-state index contributed by atoms with van der Waals surface area (Å²) in [6, 6.07) is 8.52. The van der Waals surface area contributed by atoms with Crippen LogP contribution in [0, 0.1) is 0 Å². The fraction of sp³-hybridized carbons (Fsp3) is 0.250. The Morgan fingerprint density at radius 2 is 1.96 bits per heavy atom. The average molecular weight is 321 g/mol. The summed E-state index contributed by atoms with van der Waals surface area (Å²) in [4.78, 5) is 15.8. The Hall–Kier alpha value is -2.41. The summed E-state index contributed by atoms with van der Waals surface area (Å²) in [5.41, 5.74) is 6.28. The number of benzene rings is 1. The molecular formula is C16H14F3N3O. The molecule has 0 saturated heterocycles. The summed E-state index contributed by atoms with van der Waals surface area (Å²) in [7, 11) is 0. The highest BCUT2D eigenvalue weighted by Crippen LogP contribution is 2.32. The predicted octanol–water partition coefficient (Wildman–Crippen LogP) is 2.45. The van der Waals surface area contributed by atoms with Crippen LogP contribution in [0.15, 0.2) is 42.6 Å². The minimum absolute atomic E-state index is 0.451. The molecule has 4 nitrogen and oxygen atoms in total. The van der Waals surface area contributed by atoms with Gasteiger partial charge in [0, 0.05) is 6.20 Å². The van der Waals surface area contributed by atoms with Crippen LogP contribution in [0.4, 0.5) is 13.2 Å². The van der Waals surface area contributed by atoms with Gasteiger partial charge in [-0.1, -0.05) is 24.3 Å². The first-order chi connectivity index (χ1) is 10.9. The molecule has 1 aliphatic carbocycles. The van der Waals surface area contributed by atoms with Crippen molar-refractivity contribution in [3.8, 4) is 0 Å². The zero-order valence-electron chi connectivity index (χ0n) is 12.0. The van der Waals surface area contributed by atoms with Crippen molar-refractivity contribution in [2.24, 2.45) is 5.73 Å². The minimum atomic E-state index is -4.64. The van der Waals surface area contributed by atoms with Crippen LogP contribution in [0.3, 0.4) is 0 Å². The maximum Gasteiger partial charge on any atom is 0.418 e. The third-order valence-electron chi connectivity index (χ3n) is 3.93. The van der Waals surface area contributed by atoms with Crippen molar-refractivity contribution < 1.29 is 18.0 Å². The van der Waals surface area contributed by atoms with Crippen LogP contribution < -0.4 is 11.1 Å². The number of aromatic nitrogens is 1. The molecule has 0 saturated carbocycles. The van der Waals surface area contributed by atoms with Crippen molar-refractivity contribution in [2.45, 2.75) is 24.7 Å². The van der Waals surface area contributed by atoms with Crippen molar-refractivity contribution in [3.05, 3.63) is 65.0 Å². The molecule has 1 aromatic carbocycles. The van der Waals surface area contributed by atoms with E-state index in [1.165, 1.54) is 0 Å². The Kier molecular flexibility index (Phi) is 3.81. The Morgan fingerprint density at radius 1 is 1.22 bits per heavy atom. The molecular weight excluding hydrogens is 307 g/mol. The molecule has 1 heterocycles. The summed E-state index contributed by atoms with van der Waals surface area (Å²) in [5.74, 6) is -0.869. The summed E-state index contributed by atoms with van der Waals surface area (Å²) in [6.45, 7) is 0. The molecule has 0 unspecified atom stereocenters. The second-order valence-electron chi connectivity index (χ2n) is 5.41. The van der Waals surface area contributed by atoms with Gasteiger partial charge < -0.3 is 11.1 Å². The number of nitrogens with one attached hydrogen (secondary N) is 1. The molecule has 0 spiro atoms. The largest absolute Gasteiger partial charge is 0.418 e. The van der Waals surface area contributed by atoms with Gasteiger partial charge >= 0.3 is 6.18 Å². The SMILES string of the molecule is N[C@@H]1c2ccccc2C[C@H]1NC(=O)c1ncccc1C(F)(F)F. The maximum atomic E-state index is 13.0. The summed E-state index contributed by atoms with van der Waals surface area (Å²) >= 11 is 0. The van der Waals surface area contributed by atoms with Gasteiger partial charge in [-0.3, -0.25) is 9.78 Å². The lowest BCUT2D eigenvalue weighted by Crippen LogP contribution is -2.41. The van der Waals surface area contributed by atoms with Crippen LogP contribution in [0.1, 0.15) is 33.2 Å². The number of nitrogens with two attached hydrogens (primary N) is 1. The Bertz CT molecular complexity index is 745. The number of hydrogen-bond acceptors (Lipinski definition) is 3. The number of alkyl halides is 3. The highest BCUT2D eigenvalue weighted by molar-refractivity contribution is 5.94. The Labute approximate surface area is 130 Å². The van der Waals surface area contributed by atoms with E-state index in [0.29, 0.717) is 6.42 Å². The molecule has 0 radical (unpaired) electrons. The summed E-state index contributed by atoms with van der Waals surface area (Å²) < 4.78 is 38.9. The van der Waals surface area contributed by atoms with Crippen molar-refractivity contribution in [2.75, 3.05) is 0 Å². The number of amides is 1. The van der Waals surface area contributed by atoms with Gasteiger partial charge in [-0.05, 0) is 29.7 Å². The van der Waals surface area contributed by atoms with Gasteiger partial charge in [0.1, 0.15) is 5.69 Å². The minimum Gasteiger partial charge on any atom is -0.346 e. The van der Waals surface area contributed by atoms with Gasteiger partial charge in [-0.25, -0.2) is 0 Å². The molecule has 0 aliphatic heterocycles. The number of fused-ring (bicyclic) bond motifs is 1. The zero-order chi connectivity index (χ0) is 16.6. The van der Waals surface area contributed by atoms with E-state index in [0.717, 1.165) is 29.5 Å². The fourth-order valence-corrected chi connectivity index (χ4v) is 2.82. The van der Waals surface area contributed by atoms with Crippen LogP contribution in [-0.4, -0.2) is 16.9 Å². The molecule has 2 aromatic rings. The number of halogens is 3. The quantitative estimate of drug-likeness (QED) is 0.893. The second-order valence-corrected chi connectivity index (χ2v) is 5.41. The lowest BCUT2D eigenvalue weighted by Gasteiger charge is -2.19. The summed E-state index contributed by atoms with van der Waals surface area (Å²) in [5, 5.41) is 2.58. The molecule has 23 heavy (non-hydrogen) atoms. The normalized spacial score (nSPS) is 20.2. The standard InChI is InChI=1S/C16H14F3N3O/c17-16(18,19)11-6-3-7-21-14(11)15(23)22-12-8-9-4-1-2-5-10(9)13(12)20/h1-7,12-13H,8,20H2,(H,22,23)/t12-,13-/m1/s1. The number of carbonyl (C=O) groups excluding carboxylic acids is 1. The first kappa shape index (κ1) is 15.5. The van der Waals surface area contributed by atoms with Gasteiger partial charge in [-0.2, -0.15) is 13.2 Å². The van der Waals surface area contributed by atoms with Gasteiger partial charge in [0.05, 0.1) is 17.6 Å². The van der Waals surface area contributed by atoms with Gasteiger partial charge in [-0.15, -0.1) is 0 Å².